The van der Waals surface area contributed by atoms with Crippen molar-refractivity contribution in [3.8, 4) is 0 Å². The van der Waals surface area contributed by atoms with E-state index in [1.807, 2.05) is 0 Å². The summed E-state index contributed by atoms with van der Waals surface area (Å²) in [5, 5.41) is 2.67. The summed E-state index contributed by atoms with van der Waals surface area (Å²) in [6.45, 7) is 0.415. The molecule has 1 aromatic carbocycles. The molecule has 0 aliphatic carbocycles. The minimum absolute atomic E-state index is 0.0897. The molecule has 1 atom stereocenters. The van der Waals surface area contributed by atoms with E-state index in [1.54, 1.807) is 4.57 Å². The molecule has 18 heavy (non-hydrogen) atoms. The van der Waals surface area contributed by atoms with Gasteiger partial charge in [-0.25, -0.2) is 8.78 Å². The number of carbonyl (C=O) groups excluding carboxylic acids is 1. The average molecular weight is 269 g/mol. The molecule has 4 nitrogen and oxygen atoms in total. The normalized spacial score (nSPS) is 19.4. The van der Waals surface area contributed by atoms with Crippen LogP contribution in [0.5, 0.6) is 0 Å². The van der Waals surface area contributed by atoms with Gasteiger partial charge in [0.25, 0.3) is 0 Å². The molecule has 3 rings (SSSR count). The quantitative estimate of drug-likeness (QED) is 0.778. The Morgan fingerprint density at radius 1 is 1.39 bits per heavy atom. The van der Waals surface area contributed by atoms with E-state index < -0.39 is 11.6 Å². The summed E-state index contributed by atoms with van der Waals surface area (Å²) < 4.78 is 28.7. The highest BCUT2D eigenvalue weighted by atomic mass is 32.1. The van der Waals surface area contributed by atoms with Crippen molar-refractivity contribution in [1.29, 1.82) is 0 Å². The van der Waals surface area contributed by atoms with Gasteiger partial charge in [-0.3, -0.25) is 4.79 Å². The highest BCUT2D eigenvalue weighted by Crippen LogP contribution is 2.26. The van der Waals surface area contributed by atoms with Crippen molar-refractivity contribution in [2.75, 3.05) is 6.54 Å². The summed E-state index contributed by atoms with van der Waals surface area (Å²) in [5.41, 5.74) is 0.514. The zero-order chi connectivity index (χ0) is 12.9. The largest absolute Gasteiger partial charge is 0.354 e. The summed E-state index contributed by atoms with van der Waals surface area (Å²) in [5.74, 6) is -1.44. The van der Waals surface area contributed by atoms with Crippen LogP contribution in [0, 0.1) is 16.4 Å². The zero-order valence-corrected chi connectivity index (χ0v) is 9.98. The van der Waals surface area contributed by atoms with Gasteiger partial charge in [-0.05, 0) is 18.3 Å². The third kappa shape index (κ3) is 1.62. The number of rotatable bonds is 1. The lowest BCUT2D eigenvalue weighted by atomic mass is 10.2. The molecular weight excluding hydrogens is 260 g/mol. The Hall–Kier alpha value is -1.76. The van der Waals surface area contributed by atoms with Crippen molar-refractivity contribution < 1.29 is 13.6 Å². The smallest absolute Gasteiger partial charge is 0.222 e. The number of benzene rings is 1. The number of fused-ring (bicyclic) bond motifs is 1. The number of aromatic nitrogens is 2. The summed E-state index contributed by atoms with van der Waals surface area (Å²) in [4.78, 5) is 13.9. The molecule has 1 unspecified atom stereocenters. The van der Waals surface area contributed by atoms with E-state index in [0.29, 0.717) is 12.1 Å². The maximum atomic E-state index is 13.6. The molecule has 0 bridgehead atoms. The van der Waals surface area contributed by atoms with E-state index >= 15 is 0 Å². The van der Waals surface area contributed by atoms with Gasteiger partial charge >= 0.3 is 0 Å². The summed E-state index contributed by atoms with van der Waals surface area (Å²) >= 11 is 5.11. The highest BCUT2D eigenvalue weighted by Gasteiger charge is 2.25. The lowest BCUT2D eigenvalue weighted by Gasteiger charge is -2.10. The fourth-order valence-electron chi connectivity index (χ4n) is 2.29. The van der Waals surface area contributed by atoms with Crippen LogP contribution < -0.4 is 5.32 Å². The number of imidazole rings is 1. The Kier molecular flexibility index (Phi) is 2.44. The molecule has 0 spiro atoms. The van der Waals surface area contributed by atoms with E-state index in [0.717, 1.165) is 6.07 Å². The van der Waals surface area contributed by atoms with Crippen molar-refractivity contribution in [3.05, 3.63) is 28.5 Å². The Morgan fingerprint density at radius 3 is 2.83 bits per heavy atom. The first kappa shape index (κ1) is 11.3. The summed E-state index contributed by atoms with van der Waals surface area (Å²) in [7, 11) is 0. The fraction of sp³-hybridized carbons (Fsp3) is 0.273. The molecular formula is C11H9F2N3OS. The molecule has 0 radical (unpaired) electrons. The van der Waals surface area contributed by atoms with Gasteiger partial charge in [0.15, 0.2) is 10.6 Å². The van der Waals surface area contributed by atoms with Gasteiger partial charge in [0.05, 0.1) is 11.6 Å². The Balaban J connectivity index is 2.25. The van der Waals surface area contributed by atoms with E-state index in [-0.39, 0.29) is 28.7 Å². The number of carbonyl (C=O) groups is 1. The van der Waals surface area contributed by atoms with Gasteiger partial charge in [-0.1, -0.05) is 0 Å². The molecule has 0 saturated carbocycles. The van der Waals surface area contributed by atoms with Gasteiger partial charge in [0, 0.05) is 19.0 Å². The van der Waals surface area contributed by atoms with E-state index in [9.17, 15) is 13.6 Å². The number of nitrogens with zero attached hydrogens (tertiary/aromatic N) is 1. The van der Waals surface area contributed by atoms with Gasteiger partial charge < -0.3 is 14.9 Å². The Morgan fingerprint density at radius 2 is 2.17 bits per heavy atom. The van der Waals surface area contributed by atoms with Crippen molar-refractivity contribution in [2.24, 2.45) is 0 Å². The molecule has 2 aromatic rings. The molecule has 1 aromatic heterocycles. The molecule has 1 aliphatic heterocycles. The van der Waals surface area contributed by atoms with Gasteiger partial charge in [-0.15, -0.1) is 0 Å². The molecule has 1 saturated heterocycles. The molecule has 1 aliphatic rings. The summed E-state index contributed by atoms with van der Waals surface area (Å²) in [6.07, 6.45) is 0.263. The van der Waals surface area contributed by atoms with Gasteiger partial charge in [0.1, 0.15) is 11.3 Å². The van der Waals surface area contributed by atoms with Crippen LogP contribution in [0.25, 0.3) is 11.0 Å². The number of aromatic amines is 1. The molecule has 7 heteroatoms. The number of hydrogen-bond acceptors (Lipinski definition) is 2. The van der Waals surface area contributed by atoms with Crippen LogP contribution in [-0.2, 0) is 4.79 Å². The van der Waals surface area contributed by atoms with E-state index in [2.05, 4.69) is 10.3 Å². The minimum Gasteiger partial charge on any atom is -0.354 e. The second-order valence-corrected chi connectivity index (χ2v) is 4.63. The van der Waals surface area contributed by atoms with Gasteiger partial charge in [0.2, 0.25) is 5.91 Å². The lowest BCUT2D eigenvalue weighted by molar-refractivity contribution is -0.119. The molecule has 2 N–H and O–H groups in total. The predicted octanol–water partition coefficient (Wildman–Crippen LogP) is 2.04. The predicted molar refractivity (Wildman–Crippen MR) is 63.7 cm³/mol. The van der Waals surface area contributed by atoms with Crippen LogP contribution in [-0.4, -0.2) is 22.0 Å². The average Bonchev–Trinajstić information content (AvgIpc) is 2.82. The first-order valence-corrected chi connectivity index (χ1v) is 5.83. The standard InChI is InChI=1S/C11H9F2N3OS/c12-5-1-7(13)10-8(2-5)16(11(18)15-10)6-3-9(17)14-4-6/h1-2,6H,3-4H2,(H,14,17)(H,15,18). The molecule has 2 heterocycles. The van der Waals surface area contributed by atoms with Crippen LogP contribution in [0.4, 0.5) is 8.78 Å². The van der Waals surface area contributed by atoms with Crippen LogP contribution in [0.1, 0.15) is 12.5 Å². The van der Waals surface area contributed by atoms with Crippen molar-refractivity contribution in [2.45, 2.75) is 12.5 Å². The van der Waals surface area contributed by atoms with Crippen LogP contribution >= 0.6 is 12.2 Å². The fourth-order valence-corrected chi connectivity index (χ4v) is 2.63. The number of H-pyrrole nitrogens is 1. The zero-order valence-electron chi connectivity index (χ0n) is 9.17. The van der Waals surface area contributed by atoms with Crippen LogP contribution in [0.3, 0.4) is 0 Å². The maximum Gasteiger partial charge on any atom is 0.222 e. The number of nitrogens with one attached hydrogen (secondary N) is 2. The minimum atomic E-state index is -0.688. The molecule has 1 fully saturated rings. The SMILES string of the molecule is O=C1CC(n2c(=S)[nH]c3c(F)cc(F)cc32)CN1. The molecule has 94 valence electrons. The topological polar surface area (TPSA) is 49.8 Å². The number of halogens is 2. The van der Waals surface area contributed by atoms with Crippen molar-refractivity contribution in [1.82, 2.24) is 14.9 Å². The van der Waals surface area contributed by atoms with E-state index in [1.165, 1.54) is 6.07 Å². The van der Waals surface area contributed by atoms with Crippen LogP contribution in [0.2, 0.25) is 0 Å². The Labute approximate surface area is 106 Å². The van der Waals surface area contributed by atoms with Crippen molar-refractivity contribution >= 4 is 29.2 Å². The third-order valence-corrected chi connectivity index (χ3v) is 3.36. The van der Waals surface area contributed by atoms with Crippen LogP contribution in [0.15, 0.2) is 12.1 Å². The lowest BCUT2D eigenvalue weighted by Crippen LogP contribution is -2.15. The third-order valence-electron chi connectivity index (χ3n) is 3.07. The first-order valence-electron chi connectivity index (χ1n) is 5.42. The maximum absolute atomic E-state index is 13.6. The summed E-state index contributed by atoms with van der Waals surface area (Å²) in [6, 6.07) is 1.81. The van der Waals surface area contributed by atoms with Crippen molar-refractivity contribution in [3.63, 3.8) is 0 Å². The highest BCUT2D eigenvalue weighted by molar-refractivity contribution is 7.71. The van der Waals surface area contributed by atoms with E-state index in [4.69, 9.17) is 12.2 Å². The number of hydrogen-bond donors (Lipinski definition) is 2. The second-order valence-electron chi connectivity index (χ2n) is 4.24. The first-order chi connectivity index (χ1) is 8.56. The second kappa shape index (κ2) is 3.88. The molecule has 1 amide bonds. The monoisotopic (exact) mass is 269 g/mol. The number of amides is 1. The van der Waals surface area contributed by atoms with Gasteiger partial charge in [-0.2, -0.15) is 0 Å². The Bertz CT molecular complexity index is 706.